The Hall–Kier alpha value is -1.33. The fraction of sp³-hybridized carbons (Fsp3) is 0.417. The first-order chi connectivity index (χ1) is 9.14. The summed E-state index contributed by atoms with van der Waals surface area (Å²) in [6.45, 7) is 1.40. The van der Waals surface area contributed by atoms with Gasteiger partial charge in [0.05, 0.1) is 17.7 Å². The SMILES string of the molecule is CC(N)C(CC(F)(F)F)Nc1cc(Br)c(C#N)cc1F. The van der Waals surface area contributed by atoms with Crippen LogP contribution >= 0.6 is 15.9 Å². The van der Waals surface area contributed by atoms with Crippen LogP contribution in [0.1, 0.15) is 18.9 Å². The Bertz CT molecular complexity index is 523. The molecule has 0 fully saturated rings. The number of nitrogens with zero attached hydrogens (tertiary/aromatic N) is 1. The van der Waals surface area contributed by atoms with Crippen molar-refractivity contribution in [2.24, 2.45) is 5.73 Å². The van der Waals surface area contributed by atoms with E-state index in [9.17, 15) is 17.6 Å². The number of nitrogens with one attached hydrogen (secondary N) is 1. The van der Waals surface area contributed by atoms with Crippen LogP contribution < -0.4 is 11.1 Å². The Morgan fingerprint density at radius 3 is 2.50 bits per heavy atom. The number of rotatable bonds is 4. The summed E-state index contributed by atoms with van der Waals surface area (Å²) >= 11 is 3.05. The number of nitriles is 1. The van der Waals surface area contributed by atoms with Gasteiger partial charge in [-0.05, 0) is 35.0 Å². The normalized spacial score (nSPS) is 14.5. The summed E-state index contributed by atoms with van der Waals surface area (Å²) in [6, 6.07) is 1.93. The topological polar surface area (TPSA) is 61.8 Å². The minimum atomic E-state index is -4.41. The fourth-order valence-corrected chi connectivity index (χ4v) is 1.99. The smallest absolute Gasteiger partial charge is 0.378 e. The van der Waals surface area contributed by atoms with Crippen LogP contribution in [0.4, 0.5) is 23.2 Å². The third-order valence-electron chi connectivity index (χ3n) is 2.60. The first-order valence-corrected chi connectivity index (χ1v) is 6.41. The van der Waals surface area contributed by atoms with Crippen LogP contribution in [-0.2, 0) is 0 Å². The molecule has 0 aliphatic carbocycles. The van der Waals surface area contributed by atoms with Gasteiger partial charge in [-0.25, -0.2) is 4.39 Å². The summed E-state index contributed by atoms with van der Waals surface area (Å²) in [5.41, 5.74) is 5.41. The van der Waals surface area contributed by atoms with Gasteiger partial charge in [0.1, 0.15) is 11.9 Å². The molecule has 2 atom stereocenters. The van der Waals surface area contributed by atoms with E-state index in [4.69, 9.17) is 11.0 Å². The number of halogens is 5. The van der Waals surface area contributed by atoms with Gasteiger partial charge in [-0.15, -0.1) is 0 Å². The van der Waals surface area contributed by atoms with Crippen molar-refractivity contribution in [2.75, 3.05) is 5.32 Å². The molecule has 0 amide bonds. The number of alkyl halides is 3. The minimum Gasteiger partial charge on any atom is -0.378 e. The number of hydrogen-bond acceptors (Lipinski definition) is 3. The maximum Gasteiger partial charge on any atom is 0.391 e. The first kappa shape index (κ1) is 16.7. The quantitative estimate of drug-likeness (QED) is 0.813. The minimum absolute atomic E-state index is 0.0567. The van der Waals surface area contributed by atoms with Crippen molar-refractivity contribution in [1.29, 1.82) is 5.26 Å². The van der Waals surface area contributed by atoms with Gasteiger partial charge in [0.2, 0.25) is 0 Å². The summed E-state index contributed by atoms with van der Waals surface area (Å²) in [4.78, 5) is 0. The molecule has 0 heterocycles. The molecule has 0 radical (unpaired) electrons. The third kappa shape index (κ3) is 4.65. The molecular weight excluding hydrogens is 342 g/mol. The van der Waals surface area contributed by atoms with Crippen molar-refractivity contribution < 1.29 is 17.6 Å². The molecule has 0 aromatic heterocycles. The van der Waals surface area contributed by atoms with E-state index in [2.05, 4.69) is 21.2 Å². The second kappa shape index (κ2) is 6.41. The molecule has 1 rings (SSSR count). The summed E-state index contributed by atoms with van der Waals surface area (Å²) in [6.07, 6.45) is -5.59. The second-order valence-electron chi connectivity index (χ2n) is 4.35. The zero-order valence-electron chi connectivity index (χ0n) is 10.4. The highest BCUT2D eigenvalue weighted by Gasteiger charge is 2.33. The Morgan fingerprint density at radius 2 is 2.05 bits per heavy atom. The van der Waals surface area contributed by atoms with Crippen LogP contribution in [0.2, 0.25) is 0 Å². The number of anilines is 1. The Balaban J connectivity index is 3.01. The van der Waals surface area contributed by atoms with Crippen molar-refractivity contribution in [3.05, 3.63) is 28.0 Å². The summed E-state index contributed by atoms with van der Waals surface area (Å²) in [5.74, 6) is -0.808. The number of nitrogens with two attached hydrogens (primary N) is 1. The van der Waals surface area contributed by atoms with Gasteiger partial charge >= 0.3 is 6.18 Å². The zero-order valence-corrected chi connectivity index (χ0v) is 12.0. The molecule has 110 valence electrons. The molecule has 0 spiro atoms. The molecule has 8 heteroatoms. The Morgan fingerprint density at radius 1 is 1.45 bits per heavy atom. The van der Waals surface area contributed by atoms with E-state index in [-0.39, 0.29) is 11.3 Å². The van der Waals surface area contributed by atoms with E-state index in [1.807, 2.05) is 0 Å². The molecule has 0 bridgehead atoms. The highest BCUT2D eigenvalue weighted by Crippen LogP contribution is 2.28. The maximum atomic E-state index is 13.7. The predicted octanol–water partition coefficient (Wildman–Crippen LogP) is 3.54. The standard InChI is InChI=1S/C12H12BrF4N3/c1-6(19)11(4-12(15,16)17)20-10-3-8(13)7(5-18)2-9(10)14/h2-3,6,11,20H,4,19H2,1H3. The molecular formula is C12H12BrF4N3. The van der Waals surface area contributed by atoms with E-state index in [0.29, 0.717) is 4.47 Å². The van der Waals surface area contributed by atoms with E-state index in [1.54, 1.807) is 6.07 Å². The first-order valence-electron chi connectivity index (χ1n) is 5.62. The highest BCUT2D eigenvalue weighted by molar-refractivity contribution is 9.10. The maximum absolute atomic E-state index is 13.7. The van der Waals surface area contributed by atoms with Crippen LogP contribution in [0.25, 0.3) is 0 Å². The van der Waals surface area contributed by atoms with Crippen LogP contribution in [-0.4, -0.2) is 18.3 Å². The summed E-state index contributed by atoms with van der Waals surface area (Å²) in [7, 11) is 0. The molecule has 0 aliphatic heterocycles. The molecule has 2 unspecified atom stereocenters. The van der Waals surface area contributed by atoms with Crippen LogP contribution in [0, 0.1) is 17.1 Å². The van der Waals surface area contributed by atoms with E-state index < -0.39 is 30.5 Å². The molecule has 3 N–H and O–H groups in total. The van der Waals surface area contributed by atoms with Gasteiger partial charge in [-0.2, -0.15) is 18.4 Å². The second-order valence-corrected chi connectivity index (χ2v) is 5.21. The average Bonchev–Trinajstić information content (AvgIpc) is 2.30. The lowest BCUT2D eigenvalue weighted by Gasteiger charge is -2.25. The van der Waals surface area contributed by atoms with Gasteiger partial charge in [-0.1, -0.05) is 0 Å². The van der Waals surface area contributed by atoms with Crippen LogP contribution in [0.5, 0.6) is 0 Å². The van der Waals surface area contributed by atoms with Crippen LogP contribution in [0.15, 0.2) is 16.6 Å². The van der Waals surface area contributed by atoms with Crippen molar-refractivity contribution in [1.82, 2.24) is 0 Å². The fourth-order valence-electron chi connectivity index (χ4n) is 1.56. The monoisotopic (exact) mass is 353 g/mol. The molecule has 20 heavy (non-hydrogen) atoms. The molecule has 0 saturated heterocycles. The Labute approximate surface area is 121 Å². The largest absolute Gasteiger partial charge is 0.391 e. The molecule has 0 aliphatic rings. The van der Waals surface area contributed by atoms with Crippen molar-refractivity contribution >= 4 is 21.6 Å². The lowest BCUT2D eigenvalue weighted by Crippen LogP contribution is -2.41. The van der Waals surface area contributed by atoms with Gasteiger partial charge in [0, 0.05) is 16.6 Å². The Kier molecular flexibility index (Phi) is 5.36. The summed E-state index contributed by atoms with van der Waals surface area (Å²) < 4.78 is 51.3. The van der Waals surface area contributed by atoms with Gasteiger partial charge in [0.15, 0.2) is 0 Å². The van der Waals surface area contributed by atoms with Crippen molar-refractivity contribution in [3.63, 3.8) is 0 Å². The molecule has 1 aromatic carbocycles. The van der Waals surface area contributed by atoms with E-state index in [1.165, 1.54) is 13.0 Å². The number of benzene rings is 1. The zero-order chi connectivity index (χ0) is 15.5. The van der Waals surface area contributed by atoms with Gasteiger partial charge in [0.25, 0.3) is 0 Å². The lowest BCUT2D eigenvalue weighted by atomic mass is 10.1. The van der Waals surface area contributed by atoms with Gasteiger partial charge < -0.3 is 11.1 Å². The molecule has 0 saturated carbocycles. The van der Waals surface area contributed by atoms with E-state index in [0.717, 1.165) is 6.07 Å². The summed E-state index contributed by atoms with van der Waals surface area (Å²) in [5, 5.41) is 11.2. The number of hydrogen-bond donors (Lipinski definition) is 2. The molecule has 3 nitrogen and oxygen atoms in total. The highest BCUT2D eigenvalue weighted by atomic mass is 79.9. The average molecular weight is 354 g/mol. The molecule has 1 aromatic rings. The van der Waals surface area contributed by atoms with E-state index >= 15 is 0 Å². The lowest BCUT2D eigenvalue weighted by molar-refractivity contribution is -0.137. The van der Waals surface area contributed by atoms with Gasteiger partial charge in [-0.3, -0.25) is 0 Å². The van der Waals surface area contributed by atoms with Crippen molar-refractivity contribution in [2.45, 2.75) is 31.6 Å². The van der Waals surface area contributed by atoms with Crippen molar-refractivity contribution in [3.8, 4) is 6.07 Å². The predicted molar refractivity (Wildman–Crippen MR) is 70.5 cm³/mol. The third-order valence-corrected chi connectivity index (χ3v) is 3.26. The van der Waals surface area contributed by atoms with Crippen LogP contribution in [0.3, 0.4) is 0 Å².